The van der Waals surface area contributed by atoms with E-state index < -0.39 is 0 Å². The molecular weight excluding hydrogens is 178 g/mol. The maximum Gasteiger partial charge on any atom is 0.242 e. The maximum absolute atomic E-state index is 3.93. The van der Waals surface area contributed by atoms with Crippen molar-refractivity contribution in [2.75, 3.05) is 11.9 Å². The lowest BCUT2D eigenvalue weighted by molar-refractivity contribution is 0.556. The van der Waals surface area contributed by atoms with Crippen LogP contribution in [0.15, 0.2) is 0 Å². The molecule has 1 aromatic heterocycles. The zero-order valence-corrected chi connectivity index (χ0v) is 9.03. The molecule has 5 nitrogen and oxygen atoms in total. The molecule has 0 aliphatic carbocycles. The van der Waals surface area contributed by atoms with Crippen molar-refractivity contribution in [2.24, 2.45) is 0 Å². The van der Waals surface area contributed by atoms with Crippen molar-refractivity contribution in [1.82, 2.24) is 20.2 Å². The van der Waals surface area contributed by atoms with E-state index >= 15 is 0 Å². The molecule has 0 radical (unpaired) electrons. The summed E-state index contributed by atoms with van der Waals surface area (Å²) in [5.41, 5.74) is 0. The molecule has 0 saturated heterocycles. The first kappa shape index (κ1) is 10.9. The van der Waals surface area contributed by atoms with Gasteiger partial charge in [0.05, 0.1) is 0 Å². The molecule has 0 unspecified atom stereocenters. The number of aromatic nitrogens is 4. The van der Waals surface area contributed by atoms with Gasteiger partial charge in [-0.05, 0) is 23.3 Å². The monoisotopic (exact) mass is 197 g/mol. The van der Waals surface area contributed by atoms with Gasteiger partial charge in [0.15, 0.2) is 0 Å². The molecule has 0 atom stereocenters. The molecule has 0 bridgehead atoms. The lowest BCUT2D eigenvalue weighted by atomic mass is 10.3. The largest absolute Gasteiger partial charge is 0.353 e. The van der Waals surface area contributed by atoms with Gasteiger partial charge in [-0.2, -0.15) is 0 Å². The van der Waals surface area contributed by atoms with Crippen LogP contribution in [0.5, 0.6) is 0 Å². The Balaban J connectivity index is 2.37. The molecule has 0 amide bonds. The van der Waals surface area contributed by atoms with Crippen molar-refractivity contribution in [3.05, 3.63) is 0 Å². The molecule has 0 fully saturated rings. The Hall–Kier alpha value is -1.13. The second-order valence-electron chi connectivity index (χ2n) is 3.36. The van der Waals surface area contributed by atoms with E-state index in [-0.39, 0.29) is 0 Å². The Morgan fingerprint density at radius 1 is 1.21 bits per heavy atom. The number of aryl methyl sites for hydroxylation is 1. The third-order valence-electron chi connectivity index (χ3n) is 2.07. The zero-order valence-electron chi connectivity index (χ0n) is 9.03. The molecule has 0 saturated carbocycles. The van der Waals surface area contributed by atoms with E-state index in [1.54, 1.807) is 0 Å². The van der Waals surface area contributed by atoms with Gasteiger partial charge in [-0.3, -0.25) is 0 Å². The van der Waals surface area contributed by atoms with E-state index in [4.69, 9.17) is 0 Å². The van der Waals surface area contributed by atoms with Crippen molar-refractivity contribution in [3.8, 4) is 0 Å². The van der Waals surface area contributed by atoms with E-state index in [0.717, 1.165) is 38.3 Å². The minimum absolute atomic E-state index is 0.798. The molecule has 0 aromatic carbocycles. The van der Waals surface area contributed by atoms with Crippen molar-refractivity contribution >= 4 is 5.95 Å². The van der Waals surface area contributed by atoms with Crippen molar-refractivity contribution in [3.63, 3.8) is 0 Å². The van der Waals surface area contributed by atoms with Gasteiger partial charge >= 0.3 is 0 Å². The number of nitrogens with one attached hydrogen (secondary N) is 1. The Labute approximate surface area is 84.9 Å². The third-order valence-corrected chi connectivity index (χ3v) is 2.07. The summed E-state index contributed by atoms with van der Waals surface area (Å²) in [4.78, 5) is 0. The predicted molar refractivity (Wildman–Crippen MR) is 56.1 cm³/mol. The smallest absolute Gasteiger partial charge is 0.242 e. The van der Waals surface area contributed by atoms with Gasteiger partial charge in [-0.1, -0.05) is 31.8 Å². The number of rotatable bonds is 7. The molecule has 5 heteroatoms. The summed E-state index contributed by atoms with van der Waals surface area (Å²) in [6.07, 6.45) is 4.62. The highest BCUT2D eigenvalue weighted by Gasteiger charge is 2.02. The van der Waals surface area contributed by atoms with E-state index in [2.05, 4.69) is 34.7 Å². The van der Waals surface area contributed by atoms with Gasteiger partial charge in [0.2, 0.25) is 5.95 Å². The number of tetrazole rings is 1. The normalized spacial score (nSPS) is 10.4. The molecule has 1 heterocycles. The van der Waals surface area contributed by atoms with Gasteiger partial charge in [0.25, 0.3) is 0 Å². The standard InChI is InChI=1S/C9H19N5/c1-3-5-7-10-9-11-12-13-14(9)8-6-4-2/h3-8H2,1-2H3,(H,10,11,13). The number of unbranched alkanes of at least 4 members (excludes halogenated alkanes) is 2. The molecule has 1 aromatic rings. The summed E-state index contributed by atoms with van der Waals surface area (Å²) >= 11 is 0. The quantitative estimate of drug-likeness (QED) is 0.676. The van der Waals surface area contributed by atoms with Crippen LogP contribution in [0, 0.1) is 0 Å². The van der Waals surface area contributed by atoms with Crippen LogP contribution in [0.2, 0.25) is 0 Å². The molecule has 14 heavy (non-hydrogen) atoms. The molecule has 80 valence electrons. The Bertz CT molecular complexity index is 245. The van der Waals surface area contributed by atoms with Crippen LogP contribution in [0.4, 0.5) is 5.95 Å². The summed E-state index contributed by atoms with van der Waals surface area (Å²) in [5.74, 6) is 0.798. The molecule has 1 N–H and O–H groups in total. The number of anilines is 1. The molecule has 0 spiro atoms. The molecule has 0 aliphatic rings. The van der Waals surface area contributed by atoms with E-state index in [1.807, 2.05) is 4.68 Å². The van der Waals surface area contributed by atoms with Crippen LogP contribution in [-0.2, 0) is 6.54 Å². The van der Waals surface area contributed by atoms with Gasteiger partial charge in [-0.15, -0.1) is 0 Å². The lowest BCUT2D eigenvalue weighted by Crippen LogP contribution is -2.10. The first-order valence-electron chi connectivity index (χ1n) is 5.38. The minimum atomic E-state index is 0.798. The number of nitrogens with zero attached hydrogens (tertiary/aromatic N) is 4. The van der Waals surface area contributed by atoms with Gasteiger partial charge in [0, 0.05) is 13.1 Å². The van der Waals surface area contributed by atoms with Crippen LogP contribution in [0.3, 0.4) is 0 Å². The van der Waals surface area contributed by atoms with Crippen LogP contribution in [-0.4, -0.2) is 26.8 Å². The van der Waals surface area contributed by atoms with Gasteiger partial charge in [-0.25, -0.2) is 4.68 Å². The van der Waals surface area contributed by atoms with Crippen molar-refractivity contribution in [2.45, 2.75) is 46.1 Å². The SMILES string of the molecule is CCCCNc1nnnn1CCCC. The first-order valence-corrected chi connectivity index (χ1v) is 5.38. The summed E-state index contributed by atoms with van der Waals surface area (Å²) in [5, 5.41) is 14.7. The van der Waals surface area contributed by atoms with E-state index in [0.29, 0.717) is 0 Å². The highest BCUT2D eigenvalue weighted by molar-refractivity contribution is 5.20. The summed E-state index contributed by atoms with van der Waals surface area (Å²) in [6, 6.07) is 0. The molecular formula is C9H19N5. The second-order valence-corrected chi connectivity index (χ2v) is 3.36. The molecule has 1 rings (SSSR count). The van der Waals surface area contributed by atoms with Gasteiger partial charge < -0.3 is 5.32 Å². The third kappa shape index (κ3) is 3.32. The summed E-state index contributed by atoms with van der Waals surface area (Å²) in [7, 11) is 0. The van der Waals surface area contributed by atoms with Crippen LogP contribution in [0.1, 0.15) is 39.5 Å². The highest BCUT2D eigenvalue weighted by atomic mass is 15.6. The first-order chi connectivity index (χ1) is 6.88. The summed E-state index contributed by atoms with van der Waals surface area (Å²) in [6.45, 7) is 6.18. The number of hydrogen-bond donors (Lipinski definition) is 1. The maximum atomic E-state index is 3.93. The predicted octanol–water partition coefficient (Wildman–Crippen LogP) is 1.69. The topological polar surface area (TPSA) is 55.6 Å². The van der Waals surface area contributed by atoms with Crippen molar-refractivity contribution < 1.29 is 0 Å². The average molecular weight is 197 g/mol. The zero-order chi connectivity index (χ0) is 10.2. The highest BCUT2D eigenvalue weighted by Crippen LogP contribution is 2.02. The van der Waals surface area contributed by atoms with E-state index in [9.17, 15) is 0 Å². The average Bonchev–Trinajstić information content (AvgIpc) is 2.63. The lowest BCUT2D eigenvalue weighted by Gasteiger charge is -2.05. The van der Waals surface area contributed by atoms with E-state index in [1.165, 1.54) is 6.42 Å². The fraction of sp³-hybridized carbons (Fsp3) is 0.889. The van der Waals surface area contributed by atoms with Gasteiger partial charge in [0.1, 0.15) is 0 Å². The van der Waals surface area contributed by atoms with Crippen LogP contribution in [0.25, 0.3) is 0 Å². The fourth-order valence-corrected chi connectivity index (χ4v) is 1.17. The Morgan fingerprint density at radius 3 is 2.71 bits per heavy atom. The van der Waals surface area contributed by atoms with Crippen LogP contribution < -0.4 is 5.32 Å². The van der Waals surface area contributed by atoms with Crippen LogP contribution >= 0.6 is 0 Å². The van der Waals surface area contributed by atoms with Crippen molar-refractivity contribution in [1.29, 1.82) is 0 Å². The Morgan fingerprint density at radius 2 is 2.00 bits per heavy atom. The summed E-state index contributed by atoms with van der Waals surface area (Å²) < 4.78 is 1.83. The minimum Gasteiger partial charge on any atom is -0.353 e. The fourth-order valence-electron chi connectivity index (χ4n) is 1.17. The number of hydrogen-bond acceptors (Lipinski definition) is 4. The molecule has 0 aliphatic heterocycles. The second kappa shape index (κ2) is 6.34. The Kier molecular flexibility index (Phi) is 4.96.